The lowest BCUT2D eigenvalue weighted by Crippen LogP contribution is -2.46. The number of hydrogen-bond acceptors (Lipinski definition) is 5. The number of ether oxygens (including phenoxy) is 1. The number of nitrogens with one attached hydrogen (secondary N) is 1. The molecule has 0 radical (unpaired) electrons. The van der Waals surface area contributed by atoms with E-state index >= 15 is 0 Å². The molecule has 1 saturated heterocycles. The third-order valence-corrected chi connectivity index (χ3v) is 5.78. The van der Waals surface area contributed by atoms with Crippen LogP contribution < -0.4 is 0 Å². The molecule has 6 nitrogen and oxygen atoms in total. The zero-order chi connectivity index (χ0) is 16.5. The number of rotatable bonds is 3. The summed E-state index contributed by atoms with van der Waals surface area (Å²) in [6, 6.07) is 8.26. The molecule has 0 saturated carbocycles. The highest BCUT2D eigenvalue weighted by molar-refractivity contribution is 8.01. The van der Waals surface area contributed by atoms with Gasteiger partial charge >= 0.3 is 0 Å². The van der Waals surface area contributed by atoms with Gasteiger partial charge in [-0.15, -0.1) is 11.8 Å². The SMILES string of the molecule is CCc1nc(C2CN(C(=O)C3Cc4ccccc4S3)CCO2)n[nH]1. The second-order valence-corrected chi connectivity index (χ2v) is 7.30. The number of aryl methyl sites for hydroxylation is 1. The molecule has 2 aliphatic heterocycles. The monoisotopic (exact) mass is 344 g/mol. The van der Waals surface area contributed by atoms with Crippen LogP contribution in [0.25, 0.3) is 0 Å². The fourth-order valence-electron chi connectivity index (χ4n) is 3.14. The van der Waals surface area contributed by atoms with E-state index in [1.807, 2.05) is 24.0 Å². The molecule has 1 fully saturated rings. The predicted octanol–water partition coefficient (Wildman–Crippen LogP) is 1.98. The Bertz CT molecular complexity index is 723. The molecule has 3 heterocycles. The zero-order valence-corrected chi connectivity index (χ0v) is 14.4. The minimum Gasteiger partial charge on any atom is -0.366 e. The first-order valence-corrected chi connectivity index (χ1v) is 9.18. The lowest BCUT2D eigenvalue weighted by molar-refractivity contribution is -0.138. The summed E-state index contributed by atoms with van der Waals surface area (Å²) in [5.74, 6) is 1.68. The van der Waals surface area contributed by atoms with E-state index in [1.54, 1.807) is 11.8 Å². The molecule has 2 unspecified atom stereocenters. The molecule has 0 bridgehead atoms. The van der Waals surface area contributed by atoms with Gasteiger partial charge in [-0.1, -0.05) is 25.1 Å². The topological polar surface area (TPSA) is 71.1 Å². The third-order valence-electron chi connectivity index (χ3n) is 4.47. The van der Waals surface area contributed by atoms with Gasteiger partial charge < -0.3 is 9.64 Å². The Balaban J connectivity index is 1.44. The van der Waals surface area contributed by atoms with E-state index < -0.39 is 0 Å². The van der Waals surface area contributed by atoms with Gasteiger partial charge in [0.1, 0.15) is 11.9 Å². The fourth-order valence-corrected chi connectivity index (χ4v) is 4.42. The molecule has 126 valence electrons. The third kappa shape index (κ3) is 2.93. The van der Waals surface area contributed by atoms with Crippen molar-refractivity contribution in [1.29, 1.82) is 0 Å². The molecule has 1 aromatic carbocycles. The highest BCUT2D eigenvalue weighted by Gasteiger charge is 2.35. The molecule has 0 aliphatic carbocycles. The number of benzene rings is 1. The zero-order valence-electron chi connectivity index (χ0n) is 13.6. The van der Waals surface area contributed by atoms with Crippen molar-refractivity contribution in [2.24, 2.45) is 0 Å². The summed E-state index contributed by atoms with van der Waals surface area (Å²) in [4.78, 5) is 20.5. The average molecular weight is 344 g/mol. The Hall–Kier alpha value is -1.86. The van der Waals surface area contributed by atoms with Crippen LogP contribution in [-0.4, -0.2) is 50.9 Å². The van der Waals surface area contributed by atoms with Crippen molar-refractivity contribution in [3.05, 3.63) is 41.5 Å². The van der Waals surface area contributed by atoms with Crippen molar-refractivity contribution >= 4 is 17.7 Å². The smallest absolute Gasteiger partial charge is 0.236 e. The number of amides is 1. The highest BCUT2D eigenvalue weighted by Crippen LogP contribution is 2.38. The van der Waals surface area contributed by atoms with Gasteiger partial charge in [0.2, 0.25) is 5.91 Å². The van der Waals surface area contributed by atoms with E-state index in [4.69, 9.17) is 4.74 Å². The number of carbonyl (C=O) groups excluding carboxylic acids is 1. The molecule has 1 aromatic heterocycles. The van der Waals surface area contributed by atoms with Gasteiger partial charge in [0, 0.05) is 17.9 Å². The summed E-state index contributed by atoms with van der Waals surface area (Å²) in [7, 11) is 0. The number of H-pyrrole nitrogens is 1. The van der Waals surface area contributed by atoms with Crippen LogP contribution >= 0.6 is 11.8 Å². The number of hydrogen-bond donors (Lipinski definition) is 1. The van der Waals surface area contributed by atoms with Crippen molar-refractivity contribution in [1.82, 2.24) is 20.1 Å². The van der Waals surface area contributed by atoms with Crippen molar-refractivity contribution < 1.29 is 9.53 Å². The Morgan fingerprint density at radius 3 is 3.12 bits per heavy atom. The number of nitrogens with zero attached hydrogens (tertiary/aromatic N) is 3. The van der Waals surface area contributed by atoms with Gasteiger partial charge in [-0.3, -0.25) is 9.89 Å². The highest BCUT2D eigenvalue weighted by atomic mass is 32.2. The molecule has 24 heavy (non-hydrogen) atoms. The summed E-state index contributed by atoms with van der Waals surface area (Å²) < 4.78 is 5.78. The predicted molar refractivity (Wildman–Crippen MR) is 90.8 cm³/mol. The van der Waals surface area contributed by atoms with Crippen LogP contribution in [0.4, 0.5) is 0 Å². The second kappa shape index (κ2) is 6.57. The summed E-state index contributed by atoms with van der Waals surface area (Å²) in [6.45, 7) is 3.70. The van der Waals surface area contributed by atoms with Crippen LogP contribution in [-0.2, 0) is 22.4 Å². The van der Waals surface area contributed by atoms with Gasteiger partial charge in [0.15, 0.2) is 5.82 Å². The standard InChI is InChI=1S/C17H20N4O2S/c1-2-15-18-16(20-19-15)12-10-21(7-8-23-12)17(22)14-9-11-5-3-4-6-13(11)24-14/h3-6,12,14H,2,7-10H2,1H3,(H,18,19,20). The van der Waals surface area contributed by atoms with E-state index in [-0.39, 0.29) is 17.3 Å². The van der Waals surface area contributed by atoms with Crippen molar-refractivity contribution in [3.8, 4) is 0 Å². The summed E-state index contributed by atoms with van der Waals surface area (Å²) >= 11 is 1.67. The second-order valence-electron chi connectivity index (χ2n) is 6.06. The van der Waals surface area contributed by atoms with Crippen LogP contribution in [0.1, 0.15) is 30.2 Å². The molecule has 2 aromatic rings. The van der Waals surface area contributed by atoms with Crippen LogP contribution in [0.15, 0.2) is 29.2 Å². The Morgan fingerprint density at radius 2 is 2.33 bits per heavy atom. The minimum atomic E-state index is -0.243. The number of carbonyl (C=O) groups is 1. The van der Waals surface area contributed by atoms with E-state index in [2.05, 4.69) is 27.3 Å². The van der Waals surface area contributed by atoms with Gasteiger partial charge in [0.05, 0.1) is 18.4 Å². The first-order valence-electron chi connectivity index (χ1n) is 8.30. The summed E-state index contributed by atoms with van der Waals surface area (Å²) in [5.41, 5.74) is 1.27. The first kappa shape index (κ1) is 15.7. The van der Waals surface area contributed by atoms with Gasteiger partial charge in [-0.2, -0.15) is 5.10 Å². The molecule has 1 amide bonds. The quantitative estimate of drug-likeness (QED) is 0.922. The maximum Gasteiger partial charge on any atom is 0.236 e. The largest absolute Gasteiger partial charge is 0.366 e. The van der Waals surface area contributed by atoms with Crippen molar-refractivity contribution in [2.45, 2.75) is 36.0 Å². The maximum atomic E-state index is 12.9. The van der Waals surface area contributed by atoms with Crippen molar-refractivity contribution in [3.63, 3.8) is 0 Å². The number of aromatic amines is 1. The molecule has 2 aliphatic rings. The lowest BCUT2D eigenvalue weighted by Gasteiger charge is -2.33. The van der Waals surface area contributed by atoms with E-state index in [0.29, 0.717) is 25.5 Å². The van der Waals surface area contributed by atoms with E-state index in [1.165, 1.54) is 10.5 Å². The lowest BCUT2D eigenvalue weighted by atomic mass is 10.1. The fraction of sp³-hybridized carbons (Fsp3) is 0.471. The van der Waals surface area contributed by atoms with Gasteiger partial charge in [-0.05, 0) is 18.1 Å². The number of fused-ring (bicyclic) bond motifs is 1. The molecular formula is C17H20N4O2S. The number of morpholine rings is 1. The first-order chi connectivity index (χ1) is 11.7. The number of thioether (sulfide) groups is 1. The average Bonchev–Trinajstić information content (AvgIpc) is 3.27. The molecule has 2 atom stereocenters. The molecule has 1 N–H and O–H groups in total. The Labute approximate surface area is 145 Å². The summed E-state index contributed by atoms with van der Waals surface area (Å²) in [5, 5.41) is 7.12. The van der Waals surface area contributed by atoms with E-state index in [0.717, 1.165) is 18.7 Å². The molecule has 7 heteroatoms. The normalized spacial score (nSPS) is 23.3. The van der Waals surface area contributed by atoms with Crippen LogP contribution in [0, 0.1) is 0 Å². The molecular weight excluding hydrogens is 324 g/mol. The maximum absolute atomic E-state index is 12.9. The molecule has 0 spiro atoms. The minimum absolute atomic E-state index is 0.0282. The Morgan fingerprint density at radius 1 is 1.46 bits per heavy atom. The van der Waals surface area contributed by atoms with E-state index in [9.17, 15) is 4.79 Å². The molecule has 4 rings (SSSR count). The van der Waals surface area contributed by atoms with Crippen LogP contribution in [0.5, 0.6) is 0 Å². The Kier molecular flexibility index (Phi) is 4.28. The van der Waals surface area contributed by atoms with Gasteiger partial charge in [0.25, 0.3) is 0 Å². The van der Waals surface area contributed by atoms with Crippen LogP contribution in [0.3, 0.4) is 0 Å². The van der Waals surface area contributed by atoms with Crippen molar-refractivity contribution in [2.75, 3.05) is 19.7 Å². The summed E-state index contributed by atoms with van der Waals surface area (Å²) in [6.07, 6.45) is 1.37. The number of aromatic nitrogens is 3. The van der Waals surface area contributed by atoms with Crippen LogP contribution in [0.2, 0.25) is 0 Å². The van der Waals surface area contributed by atoms with Gasteiger partial charge in [-0.25, -0.2) is 4.98 Å².